The van der Waals surface area contributed by atoms with Crippen LogP contribution in [-0.4, -0.2) is 18.6 Å². The Hall–Kier alpha value is -0.180. The number of unbranched alkanes of at least 4 members (excludes halogenated alkanes) is 1. The van der Waals surface area contributed by atoms with E-state index in [0.29, 0.717) is 0 Å². The van der Waals surface area contributed by atoms with Crippen LogP contribution in [0.3, 0.4) is 0 Å². The van der Waals surface area contributed by atoms with Crippen LogP contribution in [0.15, 0.2) is 24.3 Å². The van der Waals surface area contributed by atoms with Gasteiger partial charge in [0, 0.05) is 11.6 Å². The lowest BCUT2D eigenvalue weighted by atomic mass is 10.2. The second-order valence-corrected chi connectivity index (χ2v) is 4.93. The van der Waals surface area contributed by atoms with Crippen LogP contribution in [0, 0.1) is 0 Å². The van der Waals surface area contributed by atoms with Gasteiger partial charge in [0.1, 0.15) is 0 Å². The molecule has 1 nitrogen and oxygen atoms in total. The van der Waals surface area contributed by atoms with E-state index in [9.17, 15) is 0 Å². The summed E-state index contributed by atoms with van der Waals surface area (Å²) in [7, 11) is 0. The third-order valence-electron chi connectivity index (χ3n) is 2.19. The number of thioether (sulfide) groups is 1. The zero-order valence-corrected chi connectivity index (χ0v) is 10.7. The van der Waals surface area contributed by atoms with Crippen LogP contribution in [0.25, 0.3) is 0 Å². The van der Waals surface area contributed by atoms with Crippen molar-refractivity contribution >= 4 is 23.4 Å². The van der Waals surface area contributed by atoms with Gasteiger partial charge in [-0.05, 0) is 49.1 Å². The highest BCUT2D eigenvalue weighted by molar-refractivity contribution is 7.98. The molecular formula is C12H18ClNS. The molecule has 0 radical (unpaired) electrons. The number of benzene rings is 1. The molecule has 0 saturated heterocycles. The van der Waals surface area contributed by atoms with Crippen LogP contribution in [0.2, 0.25) is 5.02 Å². The predicted molar refractivity (Wildman–Crippen MR) is 70.8 cm³/mol. The van der Waals surface area contributed by atoms with Crippen molar-refractivity contribution in [2.75, 3.05) is 18.6 Å². The van der Waals surface area contributed by atoms with Gasteiger partial charge in [-0.15, -0.1) is 0 Å². The van der Waals surface area contributed by atoms with Gasteiger partial charge in [0.05, 0.1) is 0 Å². The molecule has 1 aromatic rings. The summed E-state index contributed by atoms with van der Waals surface area (Å²) in [6.45, 7) is 2.04. The lowest BCUT2D eigenvalue weighted by molar-refractivity contribution is 0.644. The van der Waals surface area contributed by atoms with Crippen LogP contribution in [0.1, 0.15) is 18.4 Å². The molecule has 0 amide bonds. The van der Waals surface area contributed by atoms with E-state index < -0.39 is 0 Å². The summed E-state index contributed by atoms with van der Waals surface area (Å²) in [5.74, 6) is 1.27. The normalized spacial score (nSPS) is 10.5. The van der Waals surface area contributed by atoms with Crippen molar-refractivity contribution in [2.45, 2.75) is 19.4 Å². The topological polar surface area (TPSA) is 12.0 Å². The third kappa shape index (κ3) is 6.08. The smallest absolute Gasteiger partial charge is 0.0406 e. The van der Waals surface area contributed by atoms with E-state index >= 15 is 0 Å². The van der Waals surface area contributed by atoms with Gasteiger partial charge in [-0.2, -0.15) is 11.8 Å². The molecule has 1 rings (SSSR count). The molecule has 0 unspecified atom stereocenters. The van der Waals surface area contributed by atoms with Gasteiger partial charge in [0.25, 0.3) is 0 Å². The van der Waals surface area contributed by atoms with Crippen LogP contribution < -0.4 is 5.32 Å². The highest BCUT2D eigenvalue weighted by atomic mass is 35.5. The van der Waals surface area contributed by atoms with E-state index in [2.05, 4.69) is 23.7 Å². The molecular weight excluding hydrogens is 226 g/mol. The molecule has 0 aliphatic heterocycles. The molecule has 0 heterocycles. The number of halogens is 1. The maximum atomic E-state index is 5.81. The fourth-order valence-electron chi connectivity index (χ4n) is 1.33. The molecule has 15 heavy (non-hydrogen) atoms. The van der Waals surface area contributed by atoms with E-state index in [0.717, 1.165) is 18.1 Å². The first kappa shape index (κ1) is 12.9. The summed E-state index contributed by atoms with van der Waals surface area (Å²) in [5.41, 5.74) is 1.30. The van der Waals surface area contributed by atoms with Crippen molar-refractivity contribution < 1.29 is 0 Å². The molecule has 0 saturated carbocycles. The Labute approximate surface area is 102 Å². The minimum absolute atomic E-state index is 0.804. The first-order chi connectivity index (χ1) is 7.33. The van der Waals surface area contributed by atoms with Crippen molar-refractivity contribution in [2.24, 2.45) is 0 Å². The Kier molecular flexibility index (Phi) is 6.90. The molecule has 0 atom stereocenters. The Bertz CT molecular complexity index is 261. The van der Waals surface area contributed by atoms with E-state index in [-0.39, 0.29) is 0 Å². The summed E-state index contributed by atoms with van der Waals surface area (Å²) in [6, 6.07) is 8.01. The number of nitrogens with one attached hydrogen (secondary N) is 1. The second kappa shape index (κ2) is 8.03. The predicted octanol–water partition coefficient (Wildman–Crippen LogP) is 3.57. The van der Waals surface area contributed by atoms with Gasteiger partial charge >= 0.3 is 0 Å². The fraction of sp³-hybridized carbons (Fsp3) is 0.500. The molecule has 0 aliphatic carbocycles. The molecule has 0 fully saturated rings. The summed E-state index contributed by atoms with van der Waals surface area (Å²) in [5, 5.41) is 4.23. The third-order valence-corrected chi connectivity index (χ3v) is 3.14. The molecule has 0 aliphatic rings. The van der Waals surface area contributed by atoms with Crippen LogP contribution in [0.5, 0.6) is 0 Å². The standard InChI is InChI=1S/C12H18ClNS/c1-15-9-3-2-8-14-10-11-4-6-12(13)7-5-11/h4-7,14H,2-3,8-10H2,1H3. The highest BCUT2D eigenvalue weighted by Gasteiger charge is 1.92. The van der Waals surface area contributed by atoms with Crippen molar-refractivity contribution in [1.82, 2.24) is 5.32 Å². The Morgan fingerprint density at radius 2 is 1.93 bits per heavy atom. The van der Waals surface area contributed by atoms with Crippen molar-refractivity contribution in [3.05, 3.63) is 34.9 Å². The zero-order valence-electron chi connectivity index (χ0n) is 9.13. The minimum Gasteiger partial charge on any atom is -0.313 e. The van der Waals surface area contributed by atoms with Crippen molar-refractivity contribution in [1.29, 1.82) is 0 Å². The molecule has 0 aromatic heterocycles. The average molecular weight is 244 g/mol. The molecule has 0 spiro atoms. The summed E-state index contributed by atoms with van der Waals surface area (Å²) >= 11 is 7.72. The van der Waals surface area contributed by atoms with Gasteiger partial charge < -0.3 is 5.32 Å². The van der Waals surface area contributed by atoms with Gasteiger partial charge in [-0.3, -0.25) is 0 Å². The molecule has 1 aromatic carbocycles. The monoisotopic (exact) mass is 243 g/mol. The molecule has 3 heteroatoms. The minimum atomic E-state index is 0.804. The van der Waals surface area contributed by atoms with Gasteiger partial charge in [-0.1, -0.05) is 23.7 Å². The van der Waals surface area contributed by atoms with E-state index in [1.54, 1.807) is 0 Å². The van der Waals surface area contributed by atoms with Gasteiger partial charge in [0.15, 0.2) is 0 Å². The zero-order chi connectivity index (χ0) is 10.9. The van der Waals surface area contributed by atoms with E-state index in [1.165, 1.54) is 24.2 Å². The Balaban J connectivity index is 2.07. The number of hydrogen-bond donors (Lipinski definition) is 1. The summed E-state index contributed by atoms with van der Waals surface area (Å²) in [6.07, 6.45) is 4.71. The lowest BCUT2D eigenvalue weighted by Gasteiger charge is -2.04. The fourth-order valence-corrected chi connectivity index (χ4v) is 1.95. The van der Waals surface area contributed by atoms with Crippen molar-refractivity contribution in [3.8, 4) is 0 Å². The maximum absolute atomic E-state index is 5.81. The highest BCUT2D eigenvalue weighted by Crippen LogP contribution is 2.09. The van der Waals surface area contributed by atoms with E-state index in [1.807, 2.05) is 23.9 Å². The first-order valence-electron chi connectivity index (χ1n) is 5.27. The number of hydrogen-bond acceptors (Lipinski definition) is 2. The van der Waals surface area contributed by atoms with Crippen molar-refractivity contribution in [3.63, 3.8) is 0 Å². The SMILES string of the molecule is CSCCCCNCc1ccc(Cl)cc1. The van der Waals surface area contributed by atoms with Gasteiger partial charge in [-0.25, -0.2) is 0 Å². The summed E-state index contributed by atoms with van der Waals surface area (Å²) in [4.78, 5) is 0. The quantitative estimate of drug-likeness (QED) is 0.735. The van der Waals surface area contributed by atoms with E-state index in [4.69, 9.17) is 11.6 Å². The summed E-state index contributed by atoms with van der Waals surface area (Å²) < 4.78 is 0. The molecule has 1 N–H and O–H groups in total. The van der Waals surface area contributed by atoms with Crippen LogP contribution >= 0.6 is 23.4 Å². The average Bonchev–Trinajstić information content (AvgIpc) is 2.26. The lowest BCUT2D eigenvalue weighted by Crippen LogP contribution is -2.14. The van der Waals surface area contributed by atoms with Crippen LogP contribution in [0.4, 0.5) is 0 Å². The Morgan fingerprint density at radius 3 is 2.60 bits per heavy atom. The molecule has 0 bridgehead atoms. The second-order valence-electron chi connectivity index (χ2n) is 3.50. The number of rotatable bonds is 7. The van der Waals surface area contributed by atoms with Crippen LogP contribution in [-0.2, 0) is 6.54 Å². The largest absolute Gasteiger partial charge is 0.313 e. The Morgan fingerprint density at radius 1 is 1.20 bits per heavy atom. The van der Waals surface area contributed by atoms with Gasteiger partial charge in [0.2, 0.25) is 0 Å². The first-order valence-corrected chi connectivity index (χ1v) is 7.04. The maximum Gasteiger partial charge on any atom is 0.0406 e. The molecule has 84 valence electrons.